The molecule has 0 radical (unpaired) electrons. The summed E-state index contributed by atoms with van der Waals surface area (Å²) in [5.41, 5.74) is -0.496. The molecule has 0 aliphatic rings. The highest BCUT2D eigenvalue weighted by Gasteiger charge is 2.26. The van der Waals surface area contributed by atoms with E-state index >= 15 is 0 Å². The summed E-state index contributed by atoms with van der Waals surface area (Å²) in [4.78, 5) is 36.9. The average molecular weight is 543 g/mol. The van der Waals surface area contributed by atoms with Gasteiger partial charge in [-0.3, -0.25) is 4.57 Å². The Labute approximate surface area is 224 Å². The molecule has 2 heterocycles. The fourth-order valence-electron chi connectivity index (χ4n) is 3.74. The van der Waals surface area contributed by atoms with Crippen LogP contribution in [0.3, 0.4) is 0 Å². The Morgan fingerprint density at radius 1 is 1.03 bits per heavy atom. The van der Waals surface area contributed by atoms with Crippen molar-refractivity contribution in [2.24, 2.45) is 0 Å². The van der Waals surface area contributed by atoms with Gasteiger partial charge in [0.05, 0.1) is 16.8 Å². The number of halogens is 1. The number of ether oxygens (including phenoxy) is 3. The monoisotopic (exact) mass is 542 g/mol. The molecule has 1 atom stereocenters. The summed E-state index contributed by atoms with van der Waals surface area (Å²) in [7, 11) is 0. The van der Waals surface area contributed by atoms with Crippen molar-refractivity contribution >= 4 is 29.2 Å². The van der Waals surface area contributed by atoms with Crippen LogP contribution in [0.15, 0.2) is 24.4 Å². The van der Waals surface area contributed by atoms with Crippen LogP contribution in [0.2, 0.25) is 0 Å². The maximum Gasteiger partial charge on any atom is 0.515 e. The van der Waals surface area contributed by atoms with Crippen molar-refractivity contribution in [3.05, 3.63) is 52.6 Å². The molecule has 2 aromatic heterocycles. The quantitative estimate of drug-likeness (QED) is 0.302. The number of benzene rings is 1. The summed E-state index contributed by atoms with van der Waals surface area (Å²) < 4.78 is 32.3. The normalized spacial score (nSPS) is 12.5. The smallest absolute Gasteiger partial charge is 0.464 e. The van der Waals surface area contributed by atoms with Crippen molar-refractivity contribution in [1.29, 1.82) is 0 Å². The minimum absolute atomic E-state index is 0.00889. The van der Waals surface area contributed by atoms with E-state index in [-0.39, 0.29) is 22.2 Å². The zero-order valence-electron chi connectivity index (χ0n) is 23.0. The second kappa shape index (κ2) is 10.5. The number of aliphatic hydroxyl groups is 1. The first-order valence-corrected chi connectivity index (χ1v) is 12.0. The minimum atomic E-state index is -1.53. The fourth-order valence-corrected chi connectivity index (χ4v) is 3.74. The van der Waals surface area contributed by atoms with Gasteiger partial charge in [-0.2, -0.15) is 0 Å². The molecule has 1 unspecified atom stereocenters. The van der Waals surface area contributed by atoms with Gasteiger partial charge in [-0.15, -0.1) is 0 Å². The van der Waals surface area contributed by atoms with E-state index in [1.165, 1.54) is 12.3 Å². The zero-order chi connectivity index (χ0) is 29.4. The summed E-state index contributed by atoms with van der Waals surface area (Å²) in [6.07, 6.45) is -3.37. The maximum absolute atomic E-state index is 14.9. The van der Waals surface area contributed by atoms with Gasteiger partial charge in [0.2, 0.25) is 5.88 Å². The van der Waals surface area contributed by atoms with E-state index in [1.807, 2.05) is 0 Å². The van der Waals surface area contributed by atoms with E-state index in [0.717, 1.165) is 16.7 Å². The van der Waals surface area contributed by atoms with Crippen LogP contribution in [-0.2, 0) is 9.47 Å². The van der Waals surface area contributed by atoms with Crippen molar-refractivity contribution in [2.45, 2.75) is 72.7 Å². The number of carbonyl (C=O) groups is 3. The van der Waals surface area contributed by atoms with Crippen LogP contribution in [-0.4, -0.2) is 48.9 Å². The first-order valence-electron chi connectivity index (χ1n) is 12.0. The Morgan fingerprint density at radius 3 is 2.21 bits per heavy atom. The Morgan fingerprint density at radius 2 is 1.64 bits per heavy atom. The molecule has 3 rings (SSSR count). The lowest BCUT2D eigenvalue weighted by Crippen LogP contribution is -2.28. The molecular formula is C28H31FN2O8. The van der Waals surface area contributed by atoms with Gasteiger partial charge in [-0.05, 0) is 78.6 Å². The lowest BCUT2D eigenvalue weighted by atomic mass is 10.1. The van der Waals surface area contributed by atoms with Crippen LogP contribution in [0.25, 0.3) is 10.9 Å². The molecule has 0 saturated carbocycles. The van der Waals surface area contributed by atoms with E-state index in [0.29, 0.717) is 15.7 Å². The molecule has 11 heteroatoms. The first kappa shape index (κ1) is 29.3. The summed E-state index contributed by atoms with van der Waals surface area (Å²) >= 11 is 0. The largest absolute Gasteiger partial charge is 0.515 e. The standard InChI is InChI=1S/C28H31FN2O8/c1-15-14-30(25(35)38-27(3,4)5)23(16(15)2)21(32)12-9-17-18-13-22(37-26(36)39-28(6,7)8)31(24(33)34)20(18)11-10-19(17)29/h10-11,13-14,21,32H,1-8H3,(H,33,34). The van der Waals surface area contributed by atoms with Crippen molar-refractivity contribution in [3.8, 4) is 17.7 Å². The molecular weight excluding hydrogens is 511 g/mol. The highest BCUT2D eigenvalue weighted by molar-refractivity contribution is 5.95. The number of hydrogen-bond acceptors (Lipinski definition) is 7. The molecule has 0 spiro atoms. The summed E-state index contributed by atoms with van der Waals surface area (Å²) in [5, 5.41) is 20.7. The van der Waals surface area contributed by atoms with Crippen molar-refractivity contribution < 1.29 is 43.2 Å². The van der Waals surface area contributed by atoms with Crippen LogP contribution in [0.4, 0.5) is 18.8 Å². The Hall–Kier alpha value is -4.30. The number of fused-ring (bicyclic) bond motifs is 1. The van der Waals surface area contributed by atoms with E-state index in [1.54, 1.807) is 55.4 Å². The Bertz CT molecular complexity index is 1520. The van der Waals surface area contributed by atoms with Gasteiger partial charge >= 0.3 is 18.3 Å². The van der Waals surface area contributed by atoms with Crippen LogP contribution in [0, 0.1) is 31.5 Å². The summed E-state index contributed by atoms with van der Waals surface area (Å²) in [6.45, 7) is 13.4. The van der Waals surface area contributed by atoms with Gasteiger partial charge in [0.15, 0.2) is 6.10 Å². The lowest BCUT2D eigenvalue weighted by Gasteiger charge is -2.21. The van der Waals surface area contributed by atoms with E-state index < -0.39 is 47.3 Å². The molecule has 39 heavy (non-hydrogen) atoms. The number of rotatable bonds is 2. The summed E-state index contributed by atoms with van der Waals surface area (Å²) in [5.74, 6) is 3.87. The third kappa shape index (κ3) is 6.59. The fraction of sp³-hybridized carbons (Fsp3) is 0.393. The summed E-state index contributed by atoms with van der Waals surface area (Å²) in [6, 6.07) is 3.35. The lowest BCUT2D eigenvalue weighted by molar-refractivity contribution is 0.0193. The number of carboxylic acid groups (broad SMARTS) is 1. The number of hydrogen-bond donors (Lipinski definition) is 2. The van der Waals surface area contributed by atoms with Crippen molar-refractivity contribution in [3.63, 3.8) is 0 Å². The molecule has 0 fully saturated rings. The van der Waals surface area contributed by atoms with Gasteiger partial charge in [0.1, 0.15) is 17.0 Å². The van der Waals surface area contributed by atoms with Gasteiger partial charge < -0.3 is 24.4 Å². The molecule has 2 N–H and O–H groups in total. The minimum Gasteiger partial charge on any atom is -0.464 e. The highest BCUT2D eigenvalue weighted by Crippen LogP contribution is 2.31. The SMILES string of the molecule is Cc1cn(C(=O)OC(C)(C)C)c(C(O)C#Cc2c(F)ccc3c2cc(OC(=O)OC(C)(C)C)n3C(=O)O)c1C. The second-order valence-corrected chi connectivity index (χ2v) is 10.9. The number of aromatic nitrogens is 2. The maximum atomic E-state index is 14.9. The molecule has 10 nitrogen and oxygen atoms in total. The predicted molar refractivity (Wildman–Crippen MR) is 140 cm³/mol. The third-order valence-corrected chi connectivity index (χ3v) is 5.41. The first-order chi connectivity index (χ1) is 17.9. The number of aryl methyl sites for hydroxylation is 1. The molecule has 1 aromatic carbocycles. The second-order valence-electron chi connectivity index (χ2n) is 10.9. The highest BCUT2D eigenvalue weighted by atomic mass is 19.1. The van der Waals surface area contributed by atoms with Gasteiger partial charge in [-0.25, -0.2) is 23.3 Å². The molecule has 0 saturated heterocycles. The van der Waals surface area contributed by atoms with E-state index in [4.69, 9.17) is 14.2 Å². The van der Waals surface area contributed by atoms with E-state index in [9.17, 15) is 29.0 Å². The average Bonchev–Trinajstić information content (AvgIpc) is 3.27. The Balaban J connectivity index is 2.09. The van der Waals surface area contributed by atoms with Crippen LogP contribution in [0.5, 0.6) is 5.88 Å². The number of nitrogens with zero attached hydrogens (tertiary/aromatic N) is 2. The zero-order valence-corrected chi connectivity index (χ0v) is 23.0. The molecule has 208 valence electrons. The number of aliphatic hydroxyl groups excluding tert-OH is 1. The van der Waals surface area contributed by atoms with Crippen LogP contribution < -0.4 is 4.74 Å². The van der Waals surface area contributed by atoms with Crippen LogP contribution in [0.1, 0.15) is 70.0 Å². The van der Waals surface area contributed by atoms with E-state index in [2.05, 4.69) is 11.8 Å². The van der Waals surface area contributed by atoms with Gasteiger partial charge in [0, 0.05) is 17.6 Å². The molecule has 0 aliphatic carbocycles. The molecule has 0 aliphatic heterocycles. The van der Waals surface area contributed by atoms with Gasteiger partial charge in [0.25, 0.3) is 0 Å². The Kier molecular flexibility index (Phi) is 7.85. The predicted octanol–water partition coefficient (Wildman–Crippen LogP) is 5.91. The molecule has 0 bridgehead atoms. The van der Waals surface area contributed by atoms with Crippen molar-refractivity contribution in [2.75, 3.05) is 0 Å². The third-order valence-electron chi connectivity index (χ3n) is 5.41. The number of carbonyl (C=O) groups excluding carboxylic acids is 2. The molecule has 0 amide bonds. The van der Waals surface area contributed by atoms with Crippen LogP contribution >= 0.6 is 0 Å². The molecule has 3 aromatic rings. The topological polar surface area (TPSA) is 129 Å². The van der Waals surface area contributed by atoms with Gasteiger partial charge in [-0.1, -0.05) is 11.8 Å². The van der Waals surface area contributed by atoms with Crippen molar-refractivity contribution in [1.82, 2.24) is 9.13 Å².